The highest BCUT2D eigenvalue weighted by Gasteiger charge is 2.46. The summed E-state index contributed by atoms with van der Waals surface area (Å²) in [5, 5.41) is 13.9. The van der Waals surface area contributed by atoms with Gasteiger partial charge in [0.1, 0.15) is 30.6 Å². The molecule has 51 heavy (non-hydrogen) atoms. The van der Waals surface area contributed by atoms with E-state index in [2.05, 4.69) is 56.3 Å². The topological polar surface area (TPSA) is 105 Å². The van der Waals surface area contributed by atoms with Crippen LogP contribution in [0, 0.1) is 0 Å². The molecule has 0 saturated carbocycles. The van der Waals surface area contributed by atoms with Crippen molar-refractivity contribution < 1.29 is 14.2 Å². The summed E-state index contributed by atoms with van der Waals surface area (Å²) in [6, 6.07) is 24.1. The third kappa shape index (κ3) is 7.52. The highest BCUT2D eigenvalue weighted by molar-refractivity contribution is 7.99. The van der Waals surface area contributed by atoms with E-state index in [0.717, 1.165) is 66.1 Å². The van der Waals surface area contributed by atoms with Crippen LogP contribution in [0.3, 0.4) is 0 Å². The molecule has 4 atom stereocenters. The zero-order chi connectivity index (χ0) is 35.5. The van der Waals surface area contributed by atoms with Crippen molar-refractivity contribution in [2.45, 2.75) is 56.4 Å². The average molecular weight is 731 g/mol. The number of rotatable bonds is 12. The van der Waals surface area contributed by atoms with Crippen LogP contribution >= 0.6 is 23.4 Å². The number of benzene rings is 3. The molecule has 4 heterocycles. The molecule has 0 radical (unpaired) electrons. The zero-order valence-corrected chi connectivity index (χ0v) is 30.8. The molecule has 2 fully saturated rings. The van der Waals surface area contributed by atoms with Crippen LogP contribution in [0.5, 0.6) is 5.75 Å². The fourth-order valence-electron chi connectivity index (χ4n) is 6.38. The van der Waals surface area contributed by atoms with Crippen LogP contribution in [-0.4, -0.2) is 79.9 Å². The van der Waals surface area contributed by atoms with Crippen molar-refractivity contribution in [1.29, 1.82) is 0 Å². The van der Waals surface area contributed by atoms with Gasteiger partial charge in [0, 0.05) is 55.2 Å². The molecule has 268 valence electrons. The smallest absolute Gasteiger partial charge is 0.350 e. The summed E-state index contributed by atoms with van der Waals surface area (Å²) in [6.07, 6.45) is 3.59. The Morgan fingerprint density at radius 1 is 0.922 bits per heavy atom. The summed E-state index contributed by atoms with van der Waals surface area (Å²) in [5.74, 6) is 0.290. The number of anilines is 2. The predicted molar refractivity (Wildman–Crippen MR) is 199 cm³/mol. The number of hydrogen-bond donors (Lipinski definition) is 0. The quantitative estimate of drug-likeness (QED) is 0.143. The molecule has 2 saturated heterocycles. The van der Waals surface area contributed by atoms with Crippen LogP contribution in [0.4, 0.5) is 11.4 Å². The van der Waals surface area contributed by atoms with Gasteiger partial charge < -0.3 is 28.6 Å². The second-order valence-electron chi connectivity index (χ2n) is 13.0. The van der Waals surface area contributed by atoms with Crippen molar-refractivity contribution in [3.8, 4) is 11.4 Å². The standard InChI is InChI=1S/C37H43ClN8O4S/c1-5-26(2)46-36(47)45(25-40-46)32-12-10-30(11-13-32)43-18-20-44(21-19-43)31-14-16-33(17-15-31)49-27(3)34-22-48-37(50-34,28-6-8-29(38)9-7-28)23-51-35-41-39-24-42(35)4/h6-17,24-27,34H,5,18-23H2,1-4H3/t26-,27?,34+,37-/m1/s1. The second kappa shape index (κ2) is 15.1. The van der Waals surface area contributed by atoms with Gasteiger partial charge in [0.05, 0.1) is 24.1 Å². The summed E-state index contributed by atoms with van der Waals surface area (Å²) in [7, 11) is 1.91. The molecule has 2 aromatic heterocycles. The molecule has 2 aliphatic heterocycles. The Morgan fingerprint density at radius 3 is 2.16 bits per heavy atom. The lowest BCUT2D eigenvalue weighted by molar-refractivity contribution is -0.165. The van der Waals surface area contributed by atoms with Gasteiger partial charge in [-0.3, -0.25) is 0 Å². The summed E-state index contributed by atoms with van der Waals surface area (Å²) in [6.45, 7) is 10.0. The SMILES string of the molecule is CC[C@@H](C)n1ncn(-c2ccc(N3CCN(c4ccc(OC(C)[C@@H]5CO[C@@](CSc6nncn6C)(c6ccc(Cl)cc6)O5)cc4)CC3)cc2)c1=O. The molecule has 0 bridgehead atoms. The molecule has 0 N–H and O–H groups in total. The van der Waals surface area contributed by atoms with E-state index >= 15 is 0 Å². The normalized spacial score (nSPS) is 20.5. The molecular weight excluding hydrogens is 688 g/mol. The van der Waals surface area contributed by atoms with Crippen LogP contribution in [-0.2, 0) is 22.3 Å². The fourth-order valence-corrected chi connectivity index (χ4v) is 7.50. The van der Waals surface area contributed by atoms with E-state index in [0.29, 0.717) is 17.4 Å². The van der Waals surface area contributed by atoms with Crippen LogP contribution in [0.2, 0.25) is 5.02 Å². The number of nitrogens with zero attached hydrogens (tertiary/aromatic N) is 8. The lowest BCUT2D eigenvalue weighted by Gasteiger charge is -2.37. The Kier molecular flexibility index (Phi) is 10.4. The zero-order valence-electron chi connectivity index (χ0n) is 29.3. The average Bonchev–Trinajstić information content (AvgIpc) is 3.90. The van der Waals surface area contributed by atoms with Gasteiger partial charge in [-0.25, -0.2) is 14.0 Å². The fraction of sp³-hybridized carbons (Fsp3) is 0.405. The summed E-state index contributed by atoms with van der Waals surface area (Å²) in [4.78, 5) is 17.6. The van der Waals surface area contributed by atoms with E-state index in [9.17, 15) is 4.79 Å². The molecule has 14 heteroatoms. The van der Waals surface area contributed by atoms with Crippen LogP contribution in [0.15, 0.2) is 95.4 Å². The third-order valence-electron chi connectivity index (χ3n) is 9.69. The number of aromatic nitrogens is 6. The first-order chi connectivity index (χ1) is 24.7. The summed E-state index contributed by atoms with van der Waals surface area (Å²) >= 11 is 7.72. The largest absolute Gasteiger partial charge is 0.488 e. The maximum atomic E-state index is 12.8. The monoisotopic (exact) mass is 730 g/mol. The Morgan fingerprint density at radius 2 is 1.55 bits per heavy atom. The molecule has 1 unspecified atom stereocenters. The summed E-state index contributed by atoms with van der Waals surface area (Å²) in [5.41, 5.74) is 3.90. The van der Waals surface area contributed by atoms with E-state index < -0.39 is 5.79 Å². The van der Waals surface area contributed by atoms with Gasteiger partial charge >= 0.3 is 5.69 Å². The maximum absolute atomic E-state index is 12.8. The number of halogens is 1. The van der Waals surface area contributed by atoms with E-state index in [4.69, 9.17) is 25.8 Å². The van der Waals surface area contributed by atoms with Crippen molar-refractivity contribution in [2.24, 2.45) is 7.05 Å². The second-order valence-corrected chi connectivity index (χ2v) is 14.4. The lowest BCUT2D eigenvalue weighted by Crippen LogP contribution is -2.46. The van der Waals surface area contributed by atoms with E-state index in [-0.39, 0.29) is 23.9 Å². The van der Waals surface area contributed by atoms with E-state index in [1.54, 1.807) is 21.9 Å². The first kappa shape index (κ1) is 35.1. The first-order valence-electron chi connectivity index (χ1n) is 17.3. The maximum Gasteiger partial charge on any atom is 0.350 e. The van der Waals surface area contributed by atoms with E-state index in [1.807, 2.05) is 74.0 Å². The molecule has 2 aliphatic rings. The molecule has 5 aromatic rings. The first-order valence-corrected chi connectivity index (χ1v) is 18.7. The number of hydrogen-bond acceptors (Lipinski definition) is 10. The molecule has 0 aliphatic carbocycles. The van der Waals surface area contributed by atoms with Gasteiger partial charge in [-0.15, -0.1) is 10.2 Å². The van der Waals surface area contributed by atoms with Crippen molar-refractivity contribution in [3.63, 3.8) is 0 Å². The highest BCUT2D eigenvalue weighted by Crippen LogP contribution is 2.40. The number of piperazine rings is 1. The highest BCUT2D eigenvalue weighted by atomic mass is 35.5. The number of ether oxygens (including phenoxy) is 3. The molecule has 3 aromatic carbocycles. The van der Waals surface area contributed by atoms with Crippen molar-refractivity contribution in [3.05, 3.63) is 107 Å². The van der Waals surface area contributed by atoms with Crippen molar-refractivity contribution in [1.82, 2.24) is 29.1 Å². The van der Waals surface area contributed by atoms with Gasteiger partial charge in [-0.05, 0) is 80.9 Å². The number of thioether (sulfide) groups is 1. The Hall–Kier alpha value is -4.30. The minimum atomic E-state index is -0.978. The molecular formula is C37H43ClN8O4S. The minimum Gasteiger partial charge on any atom is -0.488 e. The van der Waals surface area contributed by atoms with Crippen molar-refractivity contribution in [2.75, 3.05) is 48.3 Å². The van der Waals surface area contributed by atoms with Crippen LogP contribution in [0.1, 0.15) is 38.8 Å². The Bertz CT molecular complexity index is 1960. The Balaban J connectivity index is 0.934. The predicted octanol–water partition coefficient (Wildman–Crippen LogP) is 5.94. The number of aryl methyl sites for hydroxylation is 1. The molecule has 12 nitrogen and oxygen atoms in total. The lowest BCUT2D eigenvalue weighted by atomic mass is 10.1. The van der Waals surface area contributed by atoms with Gasteiger partial charge in [0.25, 0.3) is 0 Å². The van der Waals surface area contributed by atoms with Gasteiger partial charge in [0.2, 0.25) is 5.79 Å². The molecule has 7 rings (SSSR count). The van der Waals surface area contributed by atoms with Crippen molar-refractivity contribution >= 4 is 34.7 Å². The Labute approximate surface area is 306 Å². The minimum absolute atomic E-state index is 0.0667. The van der Waals surface area contributed by atoms with E-state index in [1.165, 1.54) is 11.8 Å². The van der Waals surface area contributed by atoms with Crippen LogP contribution in [0.25, 0.3) is 5.69 Å². The van der Waals surface area contributed by atoms with Gasteiger partial charge in [-0.1, -0.05) is 42.4 Å². The van der Waals surface area contributed by atoms with Crippen LogP contribution < -0.4 is 20.2 Å². The van der Waals surface area contributed by atoms with Gasteiger partial charge in [0.15, 0.2) is 5.16 Å². The molecule has 0 spiro atoms. The summed E-state index contributed by atoms with van der Waals surface area (Å²) < 4.78 is 24.5. The molecule has 0 amide bonds. The van der Waals surface area contributed by atoms with Gasteiger partial charge in [-0.2, -0.15) is 5.10 Å². The third-order valence-corrected chi connectivity index (χ3v) is 11.1.